The van der Waals surface area contributed by atoms with Crippen LogP contribution in [0.4, 0.5) is 0 Å². The van der Waals surface area contributed by atoms with Crippen molar-refractivity contribution in [2.45, 2.75) is 35.2 Å². The number of carbonyl (C=O) groups is 1. The third-order valence-corrected chi connectivity index (χ3v) is 7.84. The normalized spacial score (nSPS) is 17.0. The van der Waals surface area contributed by atoms with Crippen LogP contribution >= 0.6 is 0 Å². The highest BCUT2D eigenvalue weighted by molar-refractivity contribution is 7.90. The number of hydrogen-bond donors (Lipinski definition) is 2. The number of likely N-dealkylation sites (N-methyl/N-ethyl adjacent to an activating group) is 1. The highest BCUT2D eigenvalue weighted by Crippen LogP contribution is 2.27. The number of rotatable bonds is 7. The van der Waals surface area contributed by atoms with Gasteiger partial charge < -0.3 is 10.2 Å². The van der Waals surface area contributed by atoms with Crippen LogP contribution in [0.3, 0.4) is 0 Å². The molecule has 2 N–H and O–H groups in total. The third-order valence-electron chi connectivity index (χ3n) is 4.98. The molecule has 0 atom stereocenters. The molecule has 1 saturated carbocycles. The molecule has 0 spiro atoms. The van der Waals surface area contributed by atoms with Gasteiger partial charge in [-0.1, -0.05) is 24.3 Å². The van der Waals surface area contributed by atoms with Crippen molar-refractivity contribution in [3.8, 4) is 0 Å². The number of amides is 1. The number of sulfonamides is 2. The van der Waals surface area contributed by atoms with Gasteiger partial charge in [-0.25, -0.2) is 13.1 Å². The maximum absolute atomic E-state index is 12.3. The molecule has 0 radical (unpaired) electrons. The Hall–Kier alpha value is -2.76. The van der Waals surface area contributed by atoms with E-state index in [1.807, 2.05) is 0 Å². The molecule has 0 aromatic heterocycles. The van der Waals surface area contributed by atoms with E-state index >= 15 is 0 Å². The SMILES string of the molecule is CN(CC(=O)NCc1ccc(S(=O)(=O)NC2CC2)cc1)C1=NS(=O)(=O)c2ccccc21. The van der Waals surface area contributed by atoms with Gasteiger partial charge in [-0.2, -0.15) is 8.42 Å². The van der Waals surface area contributed by atoms with E-state index in [0.29, 0.717) is 5.56 Å². The zero-order chi connectivity index (χ0) is 22.2. The maximum atomic E-state index is 12.3. The van der Waals surface area contributed by atoms with Crippen LogP contribution in [-0.2, 0) is 31.4 Å². The number of nitrogens with one attached hydrogen (secondary N) is 2. The molecule has 31 heavy (non-hydrogen) atoms. The Morgan fingerprint density at radius 3 is 2.48 bits per heavy atom. The second kappa shape index (κ2) is 8.06. The lowest BCUT2D eigenvalue weighted by Crippen LogP contribution is -2.38. The zero-order valence-electron chi connectivity index (χ0n) is 16.8. The number of amidine groups is 1. The summed E-state index contributed by atoms with van der Waals surface area (Å²) in [5.41, 5.74) is 1.21. The average Bonchev–Trinajstić information content (AvgIpc) is 3.49. The van der Waals surface area contributed by atoms with Crippen molar-refractivity contribution in [2.24, 2.45) is 4.40 Å². The zero-order valence-corrected chi connectivity index (χ0v) is 18.4. The van der Waals surface area contributed by atoms with Crippen molar-refractivity contribution < 1.29 is 21.6 Å². The van der Waals surface area contributed by atoms with E-state index in [2.05, 4.69) is 14.4 Å². The van der Waals surface area contributed by atoms with Crippen LogP contribution in [0.15, 0.2) is 62.7 Å². The van der Waals surface area contributed by atoms with E-state index in [9.17, 15) is 21.6 Å². The van der Waals surface area contributed by atoms with Gasteiger partial charge in [0.25, 0.3) is 10.0 Å². The van der Waals surface area contributed by atoms with E-state index in [0.717, 1.165) is 18.4 Å². The second-order valence-corrected chi connectivity index (χ2v) is 10.8. The van der Waals surface area contributed by atoms with E-state index in [1.54, 1.807) is 37.4 Å². The predicted octanol–water partition coefficient (Wildman–Crippen LogP) is 0.824. The van der Waals surface area contributed by atoms with Gasteiger partial charge in [0.2, 0.25) is 15.9 Å². The van der Waals surface area contributed by atoms with Crippen LogP contribution in [0.25, 0.3) is 0 Å². The van der Waals surface area contributed by atoms with Crippen molar-refractivity contribution in [1.29, 1.82) is 0 Å². The van der Waals surface area contributed by atoms with E-state index < -0.39 is 20.0 Å². The molecular formula is C20H22N4O5S2. The first-order valence-corrected chi connectivity index (χ1v) is 12.6. The summed E-state index contributed by atoms with van der Waals surface area (Å²) in [7, 11) is -5.66. The summed E-state index contributed by atoms with van der Waals surface area (Å²) in [5.74, 6) is -0.0949. The molecule has 0 bridgehead atoms. The van der Waals surface area contributed by atoms with Crippen LogP contribution in [-0.4, -0.2) is 53.1 Å². The molecule has 2 aromatic carbocycles. The van der Waals surface area contributed by atoms with Gasteiger partial charge in [-0.05, 0) is 42.7 Å². The van der Waals surface area contributed by atoms with Crippen LogP contribution in [0, 0.1) is 0 Å². The lowest BCUT2D eigenvalue weighted by molar-refractivity contribution is -0.121. The minimum Gasteiger partial charge on any atom is -0.350 e. The first-order chi connectivity index (χ1) is 14.7. The molecule has 9 nitrogen and oxygen atoms in total. The van der Waals surface area contributed by atoms with Crippen LogP contribution in [0.2, 0.25) is 0 Å². The summed E-state index contributed by atoms with van der Waals surface area (Å²) in [5, 5.41) is 2.75. The maximum Gasteiger partial charge on any atom is 0.285 e. The monoisotopic (exact) mass is 462 g/mol. The Morgan fingerprint density at radius 1 is 1.13 bits per heavy atom. The molecule has 0 unspecified atom stereocenters. The molecule has 11 heteroatoms. The van der Waals surface area contributed by atoms with Crippen LogP contribution < -0.4 is 10.0 Å². The van der Waals surface area contributed by atoms with Crippen LogP contribution in [0.5, 0.6) is 0 Å². The highest BCUT2D eigenvalue weighted by Gasteiger charge is 2.31. The molecule has 4 rings (SSSR count). The molecule has 1 aliphatic carbocycles. The van der Waals surface area contributed by atoms with Gasteiger partial charge in [-0.3, -0.25) is 4.79 Å². The largest absolute Gasteiger partial charge is 0.350 e. The fourth-order valence-electron chi connectivity index (χ4n) is 3.19. The van der Waals surface area contributed by atoms with E-state index in [4.69, 9.17) is 0 Å². The third kappa shape index (κ3) is 4.78. The van der Waals surface area contributed by atoms with Crippen LogP contribution in [0.1, 0.15) is 24.0 Å². The van der Waals surface area contributed by atoms with Crippen molar-refractivity contribution >= 4 is 31.8 Å². The summed E-state index contributed by atoms with van der Waals surface area (Å²) in [6, 6.07) is 12.8. The number of benzene rings is 2. The van der Waals surface area contributed by atoms with Gasteiger partial charge in [-0.15, -0.1) is 4.40 Å². The number of fused-ring (bicyclic) bond motifs is 1. The fourth-order valence-corrected chi connectivity index (χ4v) is 5.74. The smallest absolute Gasteiger partial charge is 0.285 e. The van der Waals surface area contributed by atoms with Gasteiger partial charge >= 0.3 is 0 Å². The molecule has 1 fully saturated rings. The molecule has 1 amide bonds. The second-order valence-electron chi connectivity index (χ2n) is 7.56. The summed E-state index contributed by atoms with van der Waals surface area (Å²) < 4.78 is 55.1. The van der Waals surface area contributed by atoms with Gasteiger partial charge in [0, 0.05) is 25.2 Å². The van der Waals surface area contributed by atoms with Crippen molar-refractivity contribution in [1.82, 2.24) is 14.9 Å². The Morgan fingerprint density at radius 2 is 1.81 bits per heavy atom. The Kier molecular flexibility index (Phi) is 5.58. The van der Waals surface area contributed by atoms with Gasteiger partial charge in [0.05, 0.1) is 11.4 Å². The van der Waals surface area contributed by atoms with Gasteiger partial charge in [0.15, 0.2) is 5.84 Å². The van der Waals surface area contributed by atoms with E-state index in [1.165, 1.54) is 23.1 Å². The number of carbonyl (C=O) groups excluding carboxylic acids is 1. The first kappa shape index (κ1) is 21.5. The lowest BCUT2D eigenvalue weighted by atomic mass is 10.2. The predicted molar refractivity (Wildman–Crippen MR) is 114 cm³/mol. The molecule has 2 aliphatic rings. The average molecular weight is 463 g/mol. The Labute approximate surface area is 181 Å². The standard InChI is InChI=1S/C20H22N4O5S2/c1-24(20-17-4-2-3-5-18(17)31(28,29)23-20)13-19(25)21-12-14-6-10-16(11-7-14)30(26,27)22-15-8-9-15/h2-7,10-11,15,22H,8-9,12-13H2,1H3,(H,21,25). The summed E-state index contributed by atoms with van der Waals surface area (Å²) in [6.07, 6.45) is 1.73. The van der Waals surface area contributed by atoms with Crippen molar-refractivity contribution in [3.05, 3.63) is 59.7 Å². The topological polar surface area (TPSA) is 125 Å². The minimum atomic E-state index is -3.75. The molecule has 2 aromatic rings. The molecule has 1 heterocycles. The lowest BCUT2D eigenvalue weighted by Gasteiger charge is -2.18. The minimum absolute atomic E-state index is 0.0346. The number of nitrogens with zero attached hydrogens (tertiary/aromatic N) is 2. The summed E-state index contributed by atoms with van der Waals surface area (Å²) in [4.78, 5) is 14.1. The highest BCUT2D eigenvalue weighted by atomic mass is 32.2. The first-order valence-electron chi connectivity index (χ1n) is 9.69. The van der Waals surface area contributed by atoms with Gasteiger partial charge in [0.1, 0.15) is 4.90 Å². The van der Waals surface area contributed by atoms with E-state index in [-0.39, 0.29) is 40.7 Å². The fraction of sp³-hybridized carbons (Fsp3) is 0.300. The molecule has 164 valence electrons. The summed E-state index contributed by atoms with van der Waals surface area (Å²) in [6.45, 7) is 0.130. The quantitative estimate of drug-likeness (QED) is 0.628. The van der Waals surface area contributed by atoms with Crippen molar-refractivity contribution in [2.75, 3.05) is 13.6 Å². The number of hydrogen-bond acceptors (Lipinski definition) is 6. The Bertz CT molecular complexity index is 1250. The molecular weight excluding hydrogens is 440 g/mol. The molecule has 1 aliphatic heterocycles. The Balaban J connectivity index is 1.34. The summed E-state index contributed by atoms with van der Waals surface area (Å²) >= 11 is 0. The van der Waals surface area contributed by atoms with Crippen molar-refractivity contribution in [3.63, 3.8) is 0 Å². The molecule has 0 saturated heterocycles.